The average molecular weight is 554 g/mol. The van der Waals surface area contributed by atoms with Gasteiger partial charge in [-0.15, -0.1) is 0 Å². The van der Waals surface area contributed by atoms with E-state index in [0.717, 1.165) is 11.3 Å². The molecule has 7 nitrogen and oxygen atoms in total. The van der Waals surface area contributed by atoms with Crippen LogP contribution in [0.2, 0.25) is 36.3 Å². The van der Waals surface area contributed by atoms with Crippen molar-refractivity contribution in [2.45, 2.75) is 129 Å². The van der Waals surface area contributed by atoms with Crippen molar-refractivity contribution in [3.8, 4) is 5.75 Å². The number of benzene rings is 1. The number of carbonyl (C=O) groups is 2. The van der Waals surface area contributed by atoms with Crippen LogP contribution in [-0.4, -0.2) is 51.6 Å². The molecule has 9 heteroatoms. The summed E-state index contributed by atoms with van der Waals surface area (Å²) in [7, 11) is -4.31. The Labute approximate surface area is 226 Å². The van der Waals surface area contributed by atoms with Gasteiger partial charge in [0.1, 0.15) is 11.4 Å². The van der Waals surface area contributed by atoms with Crippen molar-refractivity contribution in [3.05, 3.63) is 29.8 Å². The second-order valence-corrected chi connectivity index (χ2v) is 23.5. The first kappa shape index (κ1) is 33.2. The molecular formula is C28H51NO6Si2. The molecule has 0 saturated heterocycles. The Morgan fingerprint density at radius 1 is 0.865 bits per heavy atom. The topological polar surface area (TPSA) is 94.1 Å². The summed E-state index contributed by atoms with van der Waals surface area (Å²) in [6.07, 6.45) is -1.13. The summed E-state index contributed by atoms with van der Waals surface area (Å²) in [6.45, 7) is 26.9. The lowest BCUT2D eigenvalue weighted by Crippen LogP contribution is -2.53. The molecule has 0 fully saturated rings. The van der Waals surface area contributed by atoms with E-state index in [4.69, 9.17) is 13.6 Å². The highest BCUT2D eigenvalue weighted by molar-refractivity contribution is 6.75. The Balaban J connectivity index is 3.30. The Bertz CT molecular complexity index is 909. The third-order valence-corrected chi connectivity index (χ3v) is 16.2. The molecule has 0 saturated carbocycles. The van der Waals surface area contributed by atoms with E-state index < -0.39 is 46.4 Å². The van der Waals surface area contributed by atoms with Gasteiger partial charge in [0.05, 0.1) is 18.6 Å². The highest BCUT2D eigenvalue weighted by Gasteiger charge is 2.42. The van der Waals surface area contributed by atoms with Gasteiger partial charge in [-0.2, -0.15) is 0 Å². The Morgan fingerprint density at radius 3 is 1.76 bits per heavy atom. The van der Waals surface area contributed by atoms with E-state index >= 15 is 0 Å². The van der Waals surface area contributed by atoms with Crippen LogP contribution in [0.3, 0.4) is 0 Å². The summed E-state index contributed by atoms with van der Waals surface area (Å²) in [6, 6.07) is 7.24. The van der Waals surface area contributed by atoms with E-state index in [1.54, 1.807) is 20.8 Å². The third-order valence-electron chi connectivity index (χ3n) is 7.34. The normalized spacial score (nSPS) is 15.1. The first-order chi connectivity index (χ1) is 16.4. The van der Waals surface area contributed by atoms with Crippen molar-refractivity contribution in [2.24, 2.45) is 0 Å². The molecule has 0 aliphatic heterocycles. The average Bonchev–Trinajstić information content (AvgIpc) is 2.64. The zero-order valence-corrected chi connectivity index (χ0v) is 27.4. The minimum absolute atomic E-state index is 0.0826. The number of aliphatic carboxylic acids is 1. The van der Waals surface area contributed by atoms with Gasteiger partial charge in [0.25, 0.3) is 0 Å². The number of carboxylic acid groups (broad SMARTS) is 1. The van der Waals surface area contributed by atoms with E-state index in [1.807, 2.05) is 24.3 Å². The van der Waals surface area contributed by atoms with Gasteiger partial charge in [-0.1, -0.05) is 53.7 Å². The van der Waals surface area contributed by atoms with Crippen LogP contribution in [0.4, 0.5) is 4.79 Å². The van der Waals surface area contributed by atoms with Gasteiger partial charge in [-0.05, 0) is 81.2 Å². The maximum absolute atomic E-state index is 12.8. The number of hydrogen-bond donors (Lipinski definition) is 2. The van der Waals surface area contributed by atoms with Gasteiger partial charge in [0.15, 0.2) is 8.32 Å². The lowest BCUT2D eigenvalue weighted by molar-refractivity contribution is -0.139. The molecule has 0 radical (unpaired) electrons. The van der Waals surface area contributed by atoms with E-state index in [1.165, 1.54) is 0 Å². The number of hydrogen-bond acceptors (Lipinski definition) is 5. The van der Waals surface area contributed by atoms with Crippen molar-refractivity contribution in [1.29, 1.82) is 0 Å². The number of amides is 1. The van der Waals surface area contributed by atoms with Gasteiger partial charge in [-0.25, -0.2) is 4.79 Å². The SMILES string of the molecule is CC(C)(C)OC(=O)N[C@H](Cc1ccc(O[Si](C)(C)C(C)(C)C)cc1)[C@H](CC(=O)O)O[Si](C)(C)C(C)(C)C. The van der Waals surface area contributed by atoms with Crippen molar-refractivity contribution >= 4 is 28.7 Å². The number of carbonyl (C=O) groups excluding carboxylic acids is 1. The zero-order chi connectivity index (χ0) is 29.0. The van der Waals surface area contributed by atoms with Crippen LogP contribution < -0.4 is 9.74 Å². The predicted octanol–water partition coefficient (Wildman–Crippen LogP) is 7.37. The van der Waals surface area contributed by atoms with Crippen molar-refractivity contribution in [1.82, 2.24) is 5.32 Å². The van der Waals surface area contributed by atoms with E-state index in [2.05, 4.69) is 73.0 Å². The summed E-state index contributed by atoms with van der Waals surface area (Å²) < 4.78 is 18.5. The van der Waals surface area contributed by atoms with Crippen molar-refractivity contribution in [2.75, 3.05) is 0 Å². The number of nitrogens with one attached hydrogen (secondary N) is 1. The van der Waals surface area contributed by atoms with Crippen LogP contribution in [0, 0.1) is 0 Å². The quantitative estimate of drug-likeness (QED) is 0.294. The van der Waals surface area contributed by atoms with Crippen LogP contribution in [0.5, 0.6) is 5.75 Å². The lowest BCUT2D eigenvalue weighted by Gasteiger charge is -2.41. The first-order valence-electron chi connectivity index (χ1n) is 13.1. The molecule has 212 valence electrons. The van der Waals surface area contributed by atoms with Crippen molar-refractivity contribution < 1.29 is 28.3 Å². The second-order valence-electron chi connectivity index (χ2n) is 14.0. The largest absolute Gasteiger partial charge is 0.544 e. The summed E-state index contributed by atoms with van der Waals surface area (Å²) in [5.74, 6) is -0.163. The minimum Gasteiger partial charge on any atom is -0.544 e. The maximum atomic E-state index is 12.8. The van der Waals surface area contributed by atoms with Crippen LogP contribution in [-0.2, 0) is 20.4 Å². The van der Waals surface area contributed by atoms with Gasteiger partial charge >= 0.3 is 12.1 Å². The van der Waals surface area contributed by atoms with Crippen LogP contribution in [0.1, 0.15) is 74.3 Å². The smallest absolute Gasteiger partial charge is 0.407 e. The molecule has 0 heterocycles. The summed E-state index contributed by atoms with van der Waals surface area (Å²) in [5, 5.41) is 12.6. The van der Waals surface area contributed by atoms with Gasteiger partial charge < -0.3 is 24.0 Å². The number of rotatable bonds is 10. The Hall–Kier alpha value is -1.85. The Kier molecular flexibility index (Phi) is 10.7. The van der Waals surface area contributed by atoms with Gasteiger partial charge in [-0.3, -0.25) is 4.79 Å². The summed E-state index contributed by atoms with van der Waals surface area (Å²) in [4.78, 5) is 24.6. The monoisotopic (exact) mass is 553 g/mol. The molecule has 2 N–H and O–H groups in total. The molecule has 0 aliphatic rings. The van der Waals surface area contributed by atoms with E-state index in [0.29, 0.717) is 6.42 Å². The first-order valence-corrected chi connectivity index (χ1v) is 18.9. The number of ether oxygens (including phenoxy) is 1. The molecule has 1 rings (SSSR count). The summed E-state index contributed by atoms with van der Waals surface area (Å²) >= 11 is 0. The lowest BCUT2D eigenvalue weighted by atomic mass is 9.99. The maximum Gasteiger partial charge on any atom is 0.407 e. The molecular weight excluding hydrogens is 502 g/mol. The van der Waals surface area contributed by atoms with Gasteiger partial charge in [0, 0.05) is 0 Å². The molecule has 0 bridgehead atoms. The summed E-state index contributed by atoms with van der Waals surface area (Å²) in [5.41, 5.74) is 0.262. The molecule has 0 aromatic heterocycles. The van der Waals surface area contributed by atoms with Crippen LogP contribution in [0.25, 0.3) is 0 Å². The molecule has 1 amide bonds. The number of alkyl carbamates (subject to hydrolysis) is 1. The van der Waals surface area contributed by atoms with Crippen molar-refractivity contribution in [3.63, 3.8) is 0 Å². The highest BCUT2D eigenvalue weighted by Crippen LogP contribution is 2.39. The second kappa shape index (κ2) is 11.9. The fraction of sp³-hybridized carbons (Fsp3) is 0.714. The molecule has 1 aromatic rings. The predicted molar refractivity (Wildman–Crippen MR) is 155 cm³/mol. The Morgan fingerprint density at radius 2 is 1.35 bits per heavy atom. The molecule has 0 spiro atoms. The van der Waals surface area contributed by atoms with E-state index in [-0.39, 0.29) is 16.5 Å². The highest BCUT2D eigenvalue weighted by atomic mass is 28.4. The fourth-order valence-electron chi connectivity index (χ4n) is 3.12. The molecule has 0 aliphatic carbocycles. The van der Waals surface area contributed by atoms with Crippen LogP contribution in [0.15, 0.2) is 24.3 Å². The fourth-order valence-corrected chi connectivity index (χ4v) is 5.51. The molecule has 0 unspecified atom stereocenters. The van der Waals surface area contributed by atoms with E-state index in [9.17, 15) is 14.7 Å². The van der Waals surface area contributed by atoms with Crippen LogP contribution >= 0.6 is 0 Å². The molecule has 37 heavy (non-hydrogen) atoms. The number of carboxylic acids is 1. The molecule has 2 atom stereocenters. The van der Waals surface area contributed by atoms with Gasteiger partial charge in [0.2, 0.25) is 8.32 Å². The zero-order valence-electron chi connectivity index (χ0n) is 25.4. The third kappa shape index (κ3) is 10.8. The minimum atomic E-state index is -2.34. The standard InChI is InChI=1S/C28H51NO6Si2/c1-26(2,3)33-25(32)29-22(23(19-24(30)31)35-37(12,13)28(7,8)9)18-20-14-16-21(17-15-20)34-36(10,11)27(4,5)6/h14-17,22-23H,18-19H2,1-13H3,(H,29,32)(H,30,31)/t22-,23+/m1/s1. The molecule has 1 aromatic carbocycles.